The van der Waals surface area contributed by atoms with Gasteiger partial charge in [-0.05, 0) is 81.1 Å². The summed E-state index contributed by atoms with van der Waals surface area (Å²) < 4.78 is 12.4. The first-order valence-electron chi connectivity index (χ1n) is 13.8. The van der Waals surface area contributed by atoms with Gasteiger partial charge >= 0.3 is 0 Å². The molecule has 8 heteroatoms. The zero-order valence-corrected chi connectivity index (χ0v) is 23.3. The van der Waals surface area contributed by atoms with Crippen molar-refractivity contribution in [3.05, 3.63) is 64.0 Å². The highest BCUT2D eigenvalue weighted by molar-refractivity contribution is 7.12. The molecule has 7 nitrogen and oxygen atoms in total. The van der Waals surface area contributed by atoms with Gasteiger partial charge in [-0.2, -0.15) is 0 Å². The number of nitrogens with one attached hydrogen (secondary N) is 1. The molecule has 1 aliphatic rings. The summed E-state index contributed by atoms with van der Waals surface area (Å²) in [6.45, 7) is 5.23. The van der Waals surface area contributed by atoms with Gasteiger partial charge in [0.15, 0.2) is 5.84 Å². The molecule has 204 valence electrons. The number of hydrogen-bond acceptors (Lipinski definition) is 7. The zero-order valence-electron chi connectivity index (χ0n) is 22.5. The largest absolute Gasteiger partial charge is 0.455 e. The van der Waals surface area contributed by atoms with Crippen molar-refractivity contribution in [3.63, 3.8) is 0 Å². The molecule has 2 aromatic carbocycles. The van der Waals surface area contributed by atoms with Gasteiger partial charge in [-0.15, -0.1) is 11.3 Å². The third-order valence-electron chi connectivity index (χ3n) is 6.91. The summed E-state index contributed by atoms with van der Waals surface area (Å²) >= 11 is 1.79. The summed E-state index contributed by atoms with van der Waals surface area (Å²) in [4.78, 5) is 6.18. The van der Waals surface area contributed by atoms with E-state index in [1.54, 1.807) is 35.6 Å². The highest BCUT2D eigenvalue weighted by Gasteiger charge is 2.16. The summed E-state index contributed by atoms with van der Waals surface area (Å²) in [7, 11) is 0. The molecule has 3 aromatic rings. The minimum absolute atomic E-state index is 0.0642. The van der Waals surface area contributed by atoms with Crippen LogP contribution in [-0.2, 0) is 6.42 Å². The minimum Gasteiger partial charge on any atom is -0.455 e. The van der Waals surface area contributed by atoms with Crippen LogP contribution >= 0.6 is 11.3 Å². The van der Waals surface area contributed by atoms with Crippen LogP contribution in [-0.4, -0.2) is 34.9 Å². The molecule has 1 aliphatic carbocycles. The molecule has 0 aliphatic heterocycles. The Hall–Kier alpha value is -3.10. The smallest absolute Gasteiger partial charge is 0.241 e. The Morgan fingerprint density at radius 3 is 2.37 bits per heavy atom. The summed E-state index contributed by atoms with van der Waals surface area (Å²) in [6, 6.07) is 16.0. The molecule has 0 saturated heterocycles. The molecule has 4 rings (SSSR count). The maximum Gasteiger partial charge on any atom is 0.241 e. The van der Waals surface area contributed by atoms with Crippen LogP contribution in [0.2, 0.25) is 0 Å². The number of nitrogens with zero attached hydrogens (tertiary/aromatic N) is 2. The fourth-order valence-corrected chi connectivity index (χ4v) is 5.79. The minimum atomic E-state index is -0.418. The summed E-state index contributed by atoms with van der Waals surface area (Å²) in [6.07, 6.45) is 10.1. The molecule has 1 saturated carbocycles. The SMILES string of the molecule is CCCCC(Oc1ccc(C(N)=NO)cc1)Oc1ccc(-c2nc(C)sc2CCNC2CCCCC2)cc1. The summed E-state index contributed by atoms with van der Waals surface area (Å²) in [5.41, 5.74) is 8.48. The molecule has 0 bridgehead atoms. The Balaban J connectivity index is 1.38. The van der Waals surface area contributed by atoms with Crippen molar-refractivity contribution in [2.24, 2.45) is 10.9 Å². The standard InChI is InChI=1S/C30H40N4O3S/c1-3-4-10-28(37-26-17-13-23(14-18-26)30(31)34-35)36-25-15-11-22(12-16-25)29-27(38-21(2)33-29)19-20-32-24-8-6-5-7-9-24/h11-18,24,28,32,35H,3-10,19-20H2,1-2H3,(H2,31,34). The van der Waals surface area contributed by atoms with E-state index in [4.69, 9.17) is 25.4 Å². The van der Waals surface area contributed by atoms with Crippen molar-refractivity contribution in [1.29, 1.82) is 0 Å². The third-order valence-corrected chi connectivity index (χ3v) is 7.94. The summed E-state index contributed by atoms with van der Waals surface area (Å²) in [5.74, 6) is 1.49. The van der Waals surface area contributed by atoms with Crippen molar-refractivity contribution in [3.8, 4) is 22.8 Å². The fraction of sp³-hybridized carbons (Fsp3) is 0.467. The molecule has 1 aromatic heterocycles. The van der Waals surface area contributed by atoms with E-state index in [9.17, 15) is 0 Å². The number of unbranched alkanes of at least 4 members (excludes halogenated alkanes) is 1. The van der Waals surface area contributed by atoms with Crippen LogP contribution in [0.5, 0.6) is 11.5 Å². The predicted octanol–water partition coefficient (Wildman–Crippen LogP) is 6.65. The van der Waals surface area contributed by atoms with E-state index in [1.165, 1.54) is 37.0 Å². The van der Waals surface area contributed by atoms with Crippen LogP contribution in [0.15, 0.2) is 53.7 Å². The van der Waals surface area contributed by atoms with Crippen molar-refractivity contribution in [2.75, 3.05) is 6.54 Å². The second-order valence-electron chi connectivity index (χ2n) is 9.89. The lowest BCUT2D eigenvalue weighted by Gasteiger charge is -2.22. The first-order chi connectivity index (χ1) is 18.6. The van der Waals surface area contributed by atoms with Crippen molar-refractivity contribution in [1.82, 2.24) is 10.3 Å². The highest BCUT2D eigenvalue weighted by Crippen LogP contribution is 2.30. The molecule has 0 radical (unpaired) electrons. The number of aryl methyl sites for hydroxylation is 1. The molecular weight excluding hydrogens is 496 g/mol. The van der Waals surface area contributed by atoms with E-state index < -0.39 is 6.29 Å². The van der Waals surface area contributed by atoms with E-state index in [0.717, 1.165) is 54.2 Å². The van der Waals surface area contributed by atoms with Gasteiger partial charge in [0.2, 0.25) is 6.29 Å². The Labute approximate surface area is 230 Å². The Bertz CT molecular complexity index is 1160. The van der Waals surface area contributed by atoms with E-state index in [-0.39, 0.29) is 5.84 Å². The fourth-order valence-electron chi connectivity index (χ4n) is 4.83. The number of oxime groups is 1. The lowest BCUT2D eigenvalue weighted by Crippen LogP contribution is -2.32. The normalized spacial score (nSPS) is 15.4. The quantitative estimate of drug-likeness (QED) is 0.0743. The number of aromatic nitrogens is 1. The van der Waals surface area contributed by atoms with Crippen LogP contribution in [0.1, 0.15) is 73.7 Å². The monoisotopic (exact) mass is 536 g/mol. The Morgan fingerprint density at radius 1 is 1.08 bits per heavy atom. The van der Waals surface area contributed by atoms with Crippen molar-refractivity contribution in [2.45, 2.75) is 84.0 Å². The van der Waals surface area contributed by atoms with Crippen LogP contribution < -0.4 is 20.5 Å². The number of hydrogen-bond donors (Lipinski definition) is 3. The zero-order chi connectivity index (χ0) is 26.7. The maximum absolute atomic E-state index is 8.87. The highest BCUT2D eigenvalue weighted by atomic mass is 32.1. The van der Waals surface area contributed by atoms with Crippen LogP contribution in [0.25, 0.3) is 11.3 Å². The van der Waals surface area contributed by atoms with Gasteiger partial charge in [-0.3, -0.25) is 0 Å². The third kappa shape index (κ3) is 7.95. The molecule has 1 heterocycles. The van der Waals surface area contributed by atoms with Crippen LogP contribution in [0.3, 0.4) is 0 Å². The Morgan fingerprint density at radius 2 is 1.74 bits per heavy atom. The number of benzene rings is 2. The van der Waals surface area contributed by atoms with Crippen molar-refractivity contribution < 1.29 is 14.7 Å². The van der Waals surface area contributed by atoms with Gasteiger partial charge in [0.25, 0.3) is 0 Å². The second-order valence-corrected chi connectivity index (χ2v) is 11.2. The van der Waals surface area contributed by atoms with E-state index in [1.807, 2.05) is 12.1 Å². The lowest BCUT2D eigenvalue weighted by molar-refractivity contribution is -0.00211. The molecular formula is C30H40N4O3S. The van der Waals surface area contributed by atoms with Crippen molar-refractivity contribution >= 4 is 17.2 Å². The number of thiazole rings is 1. The van der Waals surface area contributed by atoms with E-state index >= 15 is 0 Å². The lowest BCUT2D eigenvalue weighted by atomic mass is 9.95. The molecule has 38 heavy (non-hydrogen) atoms. The maximum atomic E-state index is 8.87. The number of amidine groups is 1. The van der Waals surface area contributed by atoms with Crippen LogP contribution in [0, 0.1) is 6.92 Å². The number of ether oxygens (including phenoxy) is 2. The molecule has 1 unspecified atom stereocenters. The van der Waals surface area contributed by atoms with E-state index in [2.05, 4.69) is 36.5 Å². The first kappa shape index (κ1) is 27.9. The Kier molecular flexibility index (Phi) is 10.4. The second kappa shape index (κ2) is 14.2. The number of rotatable bonds is 13. The van der Waals surface area contributed by atoms with Gasteiger partial charge < -0.3 is 25.7 Å². The average Bonchev–Trinajstić information content (AvgIpc) is 3.32. The van der Waals surface area contributed by atoms with Crippen LogP contribution in [0.4, 0.5) is 0 Å². The van der Waals surface area contributed by atoms with E-state index in [0.29, 0.717) is 17.4 Å². The van der Waals surface area contributed by atoms with Gasteiger partial charge in [0, 0.05) is 35.0 Å². The summed E-state index contributed by atoms with van der Waals surface area (Å²) in [5, 5.41) is 16.8. The van der Waals surface area contributed by atoms with Gasteiger partial charge in [-0.25, -0.2) is 4.98 Å². The molecule has 1 fully saturated rings. The molecule has 1 atom stereocenters. The number of nitrogens with two attached hydrogens (primary N) is 1. The predicted molar refractivity (Wildman–Crippen MR) is 154 cm³/mol. The average molecular weight is 537 g/mol. The molecule has 4 N–H and O–H groups in total. The molecule has 0 spiro atoms. The topological polar surface area (TPSA) is 102 Å². The van der Waals surface area contributed by atoms with Gasteiger partial charge in [0.1, 0.15) is 11.5 Å². The van der Waals surface area contributed by atoms with Gasteiger partial charge in [0.05, 0.1) is 10.7 Å². The first-order valence-corrected chi connectivity index (χ1v) is 14.6. The molecule has 0 amide bonds. The van der Waals surface area contributed by atoms with Gasteiger partial charge in [-0.1, -0.05) is 37.8 Å².